The van der Waals surface area contributed by atoms with E-state index in [1.54, 1.807) is 31.3 Å². The van der Waals surface area contributed by atoms with E-state index in [4.69, 9.17) is 4.74 Å². The number of rotatable bonds is 7. The van der Waals surface area contributed by atoms with Crippen LogP contribution in [0.5, 0.6) is 5.75 Å². The molecule has 0 saturated carbocycles. The van der Waals surface area contributed by atoms with Crippen molar-refractivity contribution < 1.29 is 14.3 Å². The maximum absolute atomic E-state index is 11.9. The van der Waals surface area contributed by atoms with Gasteiger partial charge in [0, 0.05) is 24.8 Å². The highest BCUT2D eigenvalue weighted by molar-refractivity contribution is 5.91. The first-order chi connectivity index (χ1) is 10.8. The zero-order chi connectivity index (χ0) is 17.4. The molecule has 1 rings (SSSR count). The molecule has 1 unspecified atom stereocenters. The maximum Gasteiger partial charge on any atom is 0.321 e. The molecule has 2 N–H and O–H groups in total. The van der Waals surface area contributed by atoms with Gasteiger partial charge in [0.15, 0.2) is 6.61 Å². The summed E-state index contributed by atoms with van der Waals surface area (Å²) in [6, 6.07) is 7.10. The molecule has 1 aromatic rings. The largest absolute Gasteiger partial charge is 0.484 e. The Morgan fingerprint density at radius 1 is 1.13 bits per heavy atom. The van der Waals surface area contributed by atoms with E-state index in [9.17, 15) is 9.59 Å². The number of hydrogen-bond donors (Lipinski definition) is 2. The van der Waals surface area contributed by atoms with Gasteiger partial charge in [0.05, 0.1) is 0 Å². The summed E-state index contributed by atoms with van der Waals surface area (Å²) in [4.78, 5) is 25.1. The van der Waals surface area contributed by atoms with Crippen LogP contribution in [0.1, 0.15) is 34.1 Å². The van der Waals surface area contributed by atoms with E-state index in [2.05, 4.69) is 10.6 Å². The van der Waals surface area contributed by atoms with Crippen LogP contribution < -0.4 is 20.3 Å². The zero-order valence-corrected chi connectivity index (χ0v) is 14.6. The van der Waals surface area contributed by atoms with E-state index in [-0.39, 0.29) is 30.6 Å². The highest BCUT2D eigenvalue weighted by atomic mass is 16.5. The van der Waals surface area contributed by atoms with Crippen LogP contribution in [0, 0.1) is 0 Å². The van der Waals surface area contributed by atoms with Gasteiger partial charge >= 0.3 is 6.03 Å². The molecule has 128 valence electrons. The van der Waals surface area contributed by atoms with Crippen LogP contribution >= 0.6 is 0 Å². The van der Waals surface area contributed by atoms with Crippen LogP contribution in [0.2, 0.25) is 0 Å². The summed E-state index contributed by atoms with van der Waals surface area (Å²) in [5, 5.41) is 5.66. The quantitative estimate of drug-likeness (QED) is 0.811. The first-order valence-corrected chi connectivity index (χ1v) is 7.90. The lowest BCUT2D eigenvalue weighted by Crippen LogP contribution is -2.40. The number of carbonyl (C=O) groups excluding carboxylic acids is 2. The van der Waals surface area contributed by atoms with Gasteiger partial charge in [-0.2, -0.15) is 0 Å². The van der Waals surface area contributed by atoms with Gasteiger partial charge in [-0.1, -0.05) is 6.92 Å². The molecule has 0 aliphatic rings. The number of ether oxygens (including phenoxy) is 1. The van der Waals surface area contributed by atoms with Crippen LogP contribution in [0.25, 0.3) is 0 Å². The highest BCUT2D eigenvalue weighted by Crippen LogP contribution is 2.18. The first-order valence-electron chi connectivity index (χ1n) is 7.90. The number of nitrogens with one attached hydrogen (secondary N) is 2. The van der Waals surface area contributed by atoms with Crippen LogP contribution in [-0.4, -0.2) is 37.7 Å². The van der Waals surface area contributed by atoms with Crippen molar-refractivity contribution in [1.29, 1.82) is 0 Å². The third-order valence-electron chi connectivity index (χ3n) is 3.33. The number of anilines is 1. The predicted octanol–water partition coefficient (Wildman–Crippen LogP) is 2.53. The molecule has 0 heterocycles. The van der Waals surface area contributed by atoms with Gasteiger partial charge in [-0.15, -0.1) is 0 Å². The van der Waals surface area contributed by atoms with Gasteiger partial charge in [-0.3, -0.25) is 9.69 Å². The number of carbonyl (C=O) groups is 2. The van der Waals surface area contributed by atoms with Crippen molar-refractivity contribution in [2.24, 2.45) is 0 Å². The molecule has 0 bridgehead atoms. The van der Waals surface area contributed by atoms with Crippen molar-refractivity contribution in [3.63, 3.8) is 0 Å². The molecule has 0 spiro atoms. The first kappa shape index (κ1) is 18.8. The van der Waals surface area contributed by atoms with Crippen molar-refractivity contribution in [3.8, 4) is 5.75 Å². The van der Waals surface area contributed by atoms with E-state index in [0.717, 1.165) is 12.1 Å². The van der Waals surface area contributed by atoms with Gasteiger partial charge in [0.2, 0.25) is 0 Å². The summed E-state index contributed by atoms with van der Waals surface area (Å²) in [5.41, 5.74) is 0.750. The van der Waals surface area contributed by atoms with E-state index < -0.39 is 0 Å². The SMILES string of the molecule is CCC(C)NC(=O)COc1ccc(N(C)C(=O)NC(C)C)cc1. The minimum absolute atomic E-state index is 0.0205. The van der Waals surface area contributed by atoms with Crippen molar-refractivity contribution in [2.75, 3.05) is 18.6 Å². The number of amides is 3. The topological polar surface area (TPSA) is 70.7 Å². The van der Waals surface area contributed by atoms with E-state index in [0.29, 0.717) is 5.75 Å². The van der Waals surface area contributed by atoms with Gasteiger partial charge in [-0.25, -0.2) is 4.79 Å². The van der Waals surface area contributed by atoms with Crippen LogP contribution in [0.15, 0.2) is 24.3 Å². The Kier molecular flexibility index (Phi) is 7.38. The second kappa shape index (κ2) is 9.02. The van der Waals surface area contributed by atoms with Crippen molar-refractivity contribution in [2.45, 2.75) is 46.2 Å². The summed E-state index contributed by atoms with van der Waals surface area (Å²) in [7, 11) is 1.70. The second-order valence-corrected chi connectivity index (χ2v) is 5.82. The summed E-state index contributed by atoms with van der Waals surface area (Å²) >= 11 is 0. The third-order valence-corrected chi connectivity index (χ3v) is 3.33. The lowest BCUT2D eigenvalue weighted by molar-refractivity contribution is -0.123. The predicted molar refractivity (Wildman–Crippen MR) is 91.9 cm³/mol. The van der Waals surface area contributed by atoms with Gasteiger partial charge in [-0.05, 0) is 51.5 Å². The average molecular weight is 321 g/mol. The van der Waals surface area contributed by atoms with Gasteiger partial charge < -0.3 is 15.4 Å². The van der Waals surface area contributed by atoms with Gasteiger partial charge in [0.1, 0.15) is 5.75 Å². The van der Waals surface area contributed by atoms with Crippen LogP contribution in [-0.2, 0) is 4.79 Å². The van der Waals surface area contributed by atoms with E-state index >= 15 is 0 Å². The van der Waals surface area contributed by atoms with E-state index in [1.165, 1.54) is 4.90 Å². The number of benzene rings is 1. The maximum atomic E-state index is 11.9. The normalized spacial score (nSPS) is 11.7. The highest BCUT2D eigenvalue weighted by Gasteiger charge is 2.12. The average Bonchev–Trinajstić information content (AvgIpc) is 2.51. The molecular formula is C17H27N3O3. The Hall–Kier alpha value is -2.24. The standard InChI is InChI=1S/C17H27N3O3/c1-6-13(4)19-16(21)11-23-15-9-7-14(8-10-15)20(5)17(22)18-12(2)3/h7-10,12-13H,6,11H2,1-5H3,(H,18,22)(H,19,21). The minimum atomic E-state index is -0.165. The number of nitrogens with zero attached hydrogens (tertiary/aromatic N) is 1. The molecule has 0 aliphatic carbocycles. The Labute approximate surface area is 138 Å². The fourth-order valence-corrected chi connectivity index (χ4v) is 1.79. The van der Waals surface area contributed by atoms with Crippen molar-refractivity contribution in [3.05, 3.63) is 24.3 Å². The van der Waals surface area contributed by atoms with Crippen LogP contribution in [0.3, 0.4) is 0 Å². The van der Waals surface area contributed by atoms with Crippen molar-refractivity contribution in [1.82, 2.24) is 10.6 Å². The number of hydrogen-bond acceptors (Lipinski definition) is 3. The molecule has 6 nitrogen and oxygen atoms in total. The molecule has 6 heteroatoms. The zero-order valence-electron chi connectivity index (χ0n) is 14.6. The Balaban J connectivity index is 2.53. The summed E-state index contributed by atoms with van der Waals surface area (Å²) in [5.74, 6) is 0.447. The molecule has 3 amide bonds. The second-order valence-electron chi connectivity index (χ2n) is 5.82. The smallest absolute Gasteiger partial charge is 0.321 e. The summed E-state index contributed by atoms with van der Waals surface area (Å²) in [6.45, 7) is 7.76. The molecule has 1 atom stereocenters. The number of urea groups is 1. The fourth-order valence-electron chi connectivity index (χ4n) is 1.79. The lowest BCUT2D eigenvalue weighted by atomic mass is 10.2. The molecule has 0 radical (unpaired) electrons. The fraction of sp³-hybridized carbons (Fsp3) is 0.529. The molecule has 23 heavy (non-hydrogen) atoms. The molecule has 0 aromatic heterocycles. The monoisotopic (exact) mass is 321 g/mol. The molecule has 1 aromatic carbocycles. The Bertz CT molecular complexity index is 514. The Morgan fingerprint density at radius 2 is 1.74 bits per heavy atom. The molecular weight excluding hydrogens is 294 g/mol. The van der Waals surface area contributed by atoms with Crippen LogP contribution in [0.4, 0.5) is 10.5 Å². The lowest BCUT2D eigenvalue weighted by Gasteiger charge is -2.20. The molecule has 0 saturated heterocycles. The minimum Gasteiger partial charge on any atom is -0.484 e. The summed E-state index contributed by atoms with van der Waals surface area (Å²) in [6.07, 6.45) is 0.880. The Morgan fingerprint density at radius 3 is 2.26 bits per heavy atom. The van der Waals surface area contributed by atoms with Gasteiger partial charge in [0.25, 0.3) is 5.91 Å². The van der Waals surface area contributed by atoms with Crippen molar-refractivity contribution >= 4 is 17.6 Å². The summed E-state index contributed by atoms with van der Waals surface area (Å²) < 4.78 is 5.44. The third kappa shape index (κ3) is 6.59. The van der Waals surface area contributed by atoms with E-state index in [1.807, 2.05) is 27.7 Å². The molecule has 0 aliphatic heterocycles. The molecule has 0 fully saturated rings.